The molecule has 0 unspecified atom stereocenters. The van der Waals surface area contributed by atoms with E-state index in [9.17, 15) is 13.2 Å². The van der Waals surface area contributed by atoms with Crippen molar-refractivity contribution in [3.8, 4) is 11.5 Å². The molecule has 10 heteroatoms. The molecule has 3 aromatic carbocycles. The Morgan fingerprint density at radius 1 is 0.969 bits per heavy atom. The van der Waals surface area contributed by atoms with Crippen molar-refractivity contribution in [2.75, 3.05) is 30.4 Å². The van der Waals surface area contributed by atoms with Gasteiger partial charge in [-0.05, 0) is 60.7 Å². The second kappa shape index (κ2) is 10.2. The van der Waals surface area contributed by atoms with Crippen LogP contribution in [-0.4, -0.2) is 35.1 Å². The van der Waals surface area contributed by atoms with Crippen LogP contribution >= 0.6 is 27.5 Å². The summed E-state index contributed by atoms with van der Waals surface area (Å²) in [6, 6.07) is 17.4. The van der Waals surface area contributed by atoms with Crippen molar-refractivity contribution < 1.29 is 22.7 Å². The van der Waals surface area contributed by atoms with Crippen LogP contribution in [0.25, 0.3) is 0 Å². The van der Waals surface area contributed by atoms with E-state index in [1.165, 1.54) is 44.6 Å². The van der Waals surface area contributed by atoms with Crippen LogP contribution in [0, 0.1) is 0 Å². The molecular weight excluding hydrogens is 520 g/mol. The molecular formula is C22H20BrClN2O5S. The highest BCUT2D eigenvalue weighted by Gasteiger charge is 2.28. The third-order valence-corrected chi connectivity index (χ3v) is 7.02. The second-order valence-electron chi connectivity index (χ2n) is 6.56. The summed E-state index contributed by atoms with van der Waals surface area (Å²) in [4.78, 5) is 12.7. The SMILES string of the molecule is COc1ccc(S(=O)(=O)N(CC(=O)Nc2ccc(Br)cc2)c2ccc(Cl)cc2)cc1OC. The van der Waals surface area contributed by atoms with Crippen LogP contribution < -0.4 is 19.1 Å². The maximum Gasteiger partial charge on any atom is 0.264 e. The minimum absolute atomic E-state index is 0.0541. The number of anilines is 2. The van der Waals surface area contributed by atoms with Gasteiger partial charge in [0, 0.05) is 21.2 Å². The number of carbonyl (C=O) groups is 1. The van der Waals surface area contributed by atoms with Crippen LogP contribution in [0.4, 0.5) is 11.4 Å². The molecule has 1 amide bonds. The molecule has 0 spiro atoms. The number of amides is 1. The smallest absolute Gasteiger partial charge is 0.264 e. The van der Waals surface area contributed by atoms with Gasteiger partial charge >= 0.3 is 0 Å². The molecule has 3 aromatic rings. The van der Waals surface area contributed by atoms with Gasteiger partial charge in [0.05, 0.1) is 24.8 Å². The van der Waals surface area contributed by atoms with Gasteiger partial charge in [-0.3, -0.25) is 9.10 Å². The Morgan fingerprint density at radius 2 is 1.59 bits per heavy atom. The summed E-state index contributed by atoms with van der Waals surface area (Å²) in [5, 5.41) is 3.15. The lowest BCUT2D eigenvalue weighted by atomic mass is 10.3. The molecule has 0 aliphatic carbocycles. The Hall–Kier alpha value is -2.75. The van der Waals surface area contributed by atoms with Crippen molar-refractivity contribution >= 4 is 54.8 Å². The fourth-order valence-corrected chi connectivity index (χ4v) is 4.72. The van der Waals surface area contributed by atoms with E-state index in [2.05, 4.69) is 21.2 Å². The first-order valence-electron chi connectivity index (χ1n) is 9.30. The molecule has 0 radical (unpaired) electrons. The molecule has 32 heavy (non-hydrogen) atoms. The maximum absolute atomic E-state index is 13.5. The highest BCUT2D eigenvalue weighted by molar-refractivity contribution is 9.10. The van der Waals surface area contributed by atoms with Crippen LogP contribution in [0.3, 0.4) is 0 Å². The van der Waals surface area contributed by atoms with Gasteiger partial charge in [0.15, 0.2) is 11.5 Å². The average molecular weight is 540 g/mol. The molecule has 0 saturated heterocycles. The molecule has 0 bridgehead atoms. The zero-order valence-electron chi connectivity index (χ0n) is 17.2. The van der Waals surface area contributed by atoms with Gasteiger partial charge in [-0.1, -0.05) is 27.5 Å². The lowest BCUT2D eigenvalue weighted by Gasteiger charge is -2.24. The first kappa shape index (κ1) is 23.9. The summed E-state index contributed by atoms with van der Waals surface area (Å²) in [5.41, 5.74) is 0.827. The average Bonchev–Trinajstić information content (AvgIpc) is 2.79. The number of methoxy groups -OCH3 is 2. The molecule has 1 N–H and O–H groups in total. The molecule has 3 rings (SSSR count). The predicted molar refractivity (Wildman–Crippen MR) is 128 cm³/mol. The number of sulfonamides is 1. The standard InChI is InChI=1S/C22H20BrClN2O5S/c1-30-20-12-11-19(13-21(20)31-2)32(28,29)26(18-9-5-16(24)6-10-18)14-22(27)25-17-7-3-15(23)4-8-17/h3-13H,14H2,1-2H3,(H,25,27). The van der Waals surface area contributed by atoms with Gasteiger partial charge < -0.3 is 14.8 Å². The number of rotatable bonds is 8. The van der Waals surface area contributed by atoms with Gasteiger partial charge in [0.25, 0.3) is 10.0 Å². The van der Waals surface area contributed by atoms with Gasteiger partial charge in [-0.2, -0.15) is 0 Å². The number of benzene rings is 3. The zero-order chi connectivity index (χ0) is 23.3. The van der Waals surface area contributed by atoms with E-state index in [1.54, 1.807) is 36.4 Å². The topological polar surface area (TPSA) is 84.9 Å². The van der Waals surface area contributed by atoms with E-state index in [1.807, 2.05) is 0 Å². The number of halogens is 2. The number of ether oxygens (including phenoxy) is 2. The molecule has 0 aliphatic rings. The zero-order valence-corrected chi connectivity index (χ0v) is 20.4. The van der Waals surface area contributed by atoms with Gasteiger partial charge in [-0.15, -0.1) is 0 Å². The molecule has 0 aromatic heterocycles. The summed E-state index contributed by atoms with van der Waals surface area (Å²) in [6.45, 7) is -0.450. The van der Waals surface area contributed by atoms with Gasteiger partial charge in [-0.25, -0.2) is 8.42 Å². The predicted octanol–water partition coefficient (Wildman–Crippen LogP) is 4.95. The summed E-state index contributed by atoms with van der Waals surface area (Å²) < 4.78 is 39.3. The largest absolute Gasteiger partial charge is 0.493 e. The van der Waals surface area contributed by atoms with E-state index in [0.717, 1.165) is 8.78 Å². The Balaban J connectivity index is 1.97. The Morgan fingerprint density at radius 3 is 2.19 bits per heavy atom. The summed E-state index contributed by atoms with van der Waals surface area (Å²) in [6.07, 6.45) is 0. The Bertz CT molecular complexity index is 1200. The van der Waals surface area contributed by atoms with Crippen molar-refractivity contribution in [2.45, 2.75) is 4.90 Å². The molecule has 0 fully saturated rings. The lowest BCUT2D eigenvalue weighted by Crippen LogP contribution is -2.38. The van der Waals surface area contributed by atoms with Crippen molar-refractivity contribution in [2.24, 2.45) is 0 Å². The van der Waals surface area contributed by atoms with Gasteiger partial charge in [0.1, 0.15) is 6.54 Å². The van der Waals surface area contributed by atoms with Crippen LogP contribution in [0.15, 0.2) is 76.1 Å². The van der Waals surface area contributed by atoms with Crippen LogP contribution in [0.2, 0.25) is 5.02 Å². The molecule has 0 aliphatic heterocycles. The number of hydrogen-bond acceptors (Lipinski definition) is 5. The van der Waals surface area contributed by atoms with Crippen molar-refractivity contribution in [1.82, 2.24) is 0 Å². The molecule has 168 valence electrons. The Kier molecular flexibility index (Phi) is 7.65. The van der Waals surface area contributed by atoms with Gasteiger partial charge in [0.2, 0.25) is 5.91 Å². The first-order chi connectivity index (χ1) is 15.2. The quantitative estimate of drug-likeness (QED) is 0.438. The molecule has 0 atom stereocenters. The highest BCUT2D eigenvalue weighted by Crippen LogP contribution is 2.32. The molecule has 0 heterocycles. The second-order valence-corrected chi connectivity index (χ2v) is 9.77. The first-order valence-corrected chi connectivity index (χ1v) is 11.9. The minimum atomic E-state index is -4.13. The minimum Gasteiger partial charge on any atom is -0.493 e. The highest BCUT2D eigenvalue weighted by atomic mass is 79.9. The van der Waals surface area contributed by atoms with E-state index >= 15 is 0 Å². The van der Waals surface area contributed by atoms with E-state index in [0.29, 0.717) is 16.5 Å². The van der Waals surface area contributed by atoms with E-state index in [-0.39, 0.29) is 16.3 Å². The monoisotopic (exact) mass is 538 g/mol. The van der Waals surface area contributed by atoms with Crippen LogP contribution in [0.1, 0.15) is 0 Å². The van der Waals surface area contributed by atoms with Crippen LogP contribution in [-0.2, 0) is 14.8 Å². The van der Waals surface area contributed by atoms with Crippen molar-refractivity contribution in [3.05, 3.63) is 76.2 Å². The number of nitrogens with one attached hydrogen (secondary N) is 1. The Labute approximate surface area is 200 Å². The normalized spacial score (nSPS) is 11.0. The molecule has 7 nitrogen and oxygen atoms in total. The van der Waals surface area contributed by atoms with E-state index in [4.69, 9.17) is 21.1 Å². The maximum atomic E-state index is 13.5. The van der Waals surface area contributed by atoms with Crippen molar-refractivity contribution in [1.29, 1.82) is 0 Å². The summed E-state index contributed by atoms with van der Waals surface area (Å²) in [5.74, 6) is 0.132. The summed E-state index contributed by atoms with van der Waals surface area (Å²) in [7, 11) is -1.26. The number of nitrogens with zero attached hydrogens (tertiary/aromatic N) is 1. The fourth-order valence-electron chi connectivity index (χ4n) is 2.89. The van der Waals surface area contributed by atoms with Crippen molar-refractivity contribution in [3.63, 3.8) is 0 Å². The third-order valence-electron chi connectivity index (χ3n) is 4.47. The summed E-state index contributed by atoms with van der Waals surface area (Å²) >= 11 is 9.30. The van der Waals surface area contributed by atoms with E-state index < -0.39 is 22.5 Å². The number of hydrogen-bond donors (Lipinski definition) is 1. The molecule has 0 saturated carbocycles. The lowest BCUT2D eigenvalue weighted by molar-refractivity contribution is -0.114. The van der Waals surface area contributed by atoms with Crippen LogP contribution in [0.5, 0.6) is 11.5 Å². The number of carbonyl (C=O) groups excluding carboxylic acids is 1. The third kappa shape index (κ3) is 5.53. The fraction of sp³-hybridized carbons (Fsp3) is 0.136.